The molecule has 0 unspecified atom stereocenters. The van der Waals surface area contributed by atoms with Gasteiger partial charge in [-0.2, -0.15) is 0 Å². The molecule has 1 amide bonds. The standard InChI is InChI=1S/C30H31N5O5S/c1-39-11-10-35(28-8-6-22(16-32-28)20-2-3-20)29-9-7-23-17-31-25(15-26(23)34-29)18-33-30(36)21-4-5-24-19-40-12-13-41(37,38)27(24)14-21/h4-9,14-17,20H,2-3,10-13,18-19H2,1H3,(H,33,36). The summed E-state index contributed by atoms with van der Waals surface area (Å²) in [5.74, 6) is 1.68. The summed E-state index contributed by atoms with van der Waals surface area (Å²) < 4.78 is 35.9. The third-order valence-electron chi connectivity index (χ3n) is 7.36. The van der Waals surface area contributed by atoms with Crippen LogP contribution in [0, 0.1) is 0 Å². The fraction of sp³-hybridized carbons (Fsp3) is 0.333. The van der Waals surface area contributed by atoms with Gasteiger partial charge in [-0.15, -0.1) is 0 Å². The Morgan fingerprint density at radius 3 is 2.71 bits per heavy atom. The molecule has 1 fully saturated rings. The first-order valence-electron chi connectivity index (χ1n) is 13.6. The van der Waals surface area contributed by atoms with Crippen molar-refractivity contribution in [1.29, 1.82) is 0 Å². The van der Waals surface area contributed by atoms with Gasteiger partial charge in [-0.25, -0.2) is 18.4 Å². The van der Waals surface area contributed by atoms with Gasteiger partial charge in [-0.3, -0.25) is 9.78 Å². The molecule has 4 heterocycles. The number of carbonyl (C=O) groups excluding carboxylic acids is 1. The van der Waals surface area contributed by atoms with Gasteiger partial charge in [0.1, 0.15) is 11.6 Å². The molecule has 10 nitrogen and oxygen atoms in total. The van der Waals surface area contributed by atoms with Crippen LogP contribution >= 0.6 is 0 Å². The normalized spacial score (nSPS) is 16.1. The second-order valence-corrected chi connectivity index (χ2v) is 12.4. The molecule has 11 heteroatoms. The van der Waals surface area contributed by atoms with E-state index in [2.05, 4.69) is 16.4 Å². The van der Waals surface area contributed by atoms with Crippen molar-refractivity contribution in [2.45, 2.75) is 36.8 Å². The number of carbonyl (C=O) groups is 1. The smallest absolute Gasteiger partial charge is 0.251 e. The summed E-state index contributed by atoms with van der Waals surface area (Å²) in [6.07, 6.45) is 6.13. The Morgan fingerprint density at radius 2 is 1.93 bits per heavy atom. The number of nitrogens with one attached hydrogen (secondary N) is 1. The number of hydrogen-bond acceptors (Lipinski definition) is 9. The SMILES string of the molecule is COCCN(c1ccc(C2CC2)cn1)c1ccc2cnc(CNC(=O)c3ccc4c(c3)S(=O)(=O)CCOC4)cc2n1. The van der Waals surface area contributed by atoms with Crippen molar-refractivity contribution in [3.63, 3.8) is 0 Å². The largest absolute Gasteiger partial charge is 0.383 e. The molecule has 4 aromatic rings. The number of nitrogens with zero attached hydrogens (tertiary/aromatic N) is 4. The molecule has 1 aromatic carbocycles. The van der Waals surface area contributed by atoms with Gasteiger partial charge in [0.15, 0.2) is 9.84 Å². The van der Waals surface area contributed by atoms with E-state index in [1.807, 2.05) is 35.4 Å². The molecule has 2 aliphatic rings. The maximum atomic E-state index is 12.9. The van der Waals surface area contributed by atoms with E-state index in [1.165, 1.54) is 24.5 Å². The van der Waals surface area contributed by atoms with Crippen LogP contribution in [0.5, 0.6) is 0 Å². The van der Waals surface area contributed by atoms with Gasteiger partial charge < -0.3 is 19.7 Å². The van der Waals surface area contributed by atoms with Crippen LogP contribution < -0.4 is 10.2 Å². The number of ether oxygens (including phenoxy) is 2. The molecular formula is C30H31N5O5S. The molecule has 1 saturated carbocycles. The highest BCUT2D eigenvalue weighted by atomic mass is 32.2. The monoisotopic (exact) mass is 573 g/mol. The van der Waals surface area contributed by atoms with Crippen molar-refractivity contribution in [3.05, 3.63) is 83.3 Å². The number of rotatable bonds is 9. The second-order valence-electron chi connectivity index (χ2n) is 10.3. The van der Waals surface area contributed by atoms with E-state index in [1.54, 1.807) is 25.4 Å². The first kappa shape index (κ1) is 27.3. The van der Waals surface area contributed by atoms with E-state index in [0.29, 0.717) is 30.3 Å². The molecular weight excluding hydrogens is 542 g/mol. The Bertz CT molecular complexity index is 1690. The minimum atomic E-state index is -3.51. The van der Waals surface area contributed by atoms with E-state index in [-0.39, 0.29) is 41.9 Å². The lowest BCUT2D eigenvalue weighted by Crippen LogP contribution is -2.24. The lowest BCUT2D eigenvalue weighted by Gasteiger charge is -2.23. The summed E-state index contributed by atoms with van der Waals surface area (Å²) in [7, 11) is -1.84. The van der Waals surface area contributed by atoms with E-state index in [0.717, 1.165) is 22.5 Å². The van der Waals surface area contributed by atoms with Crippen molar-refractivity contribution in [2.75, 3.05) is 37.5 Å². The molecule has 1 aliphatic carbocycles. The summed E-state index contributed by atoms with van der Waals surface area (Å²) in [6, 6.07) is 14.6. The maximum absolute atomic E-state index is 12.9. The summed E-state index contributed by atoms with van der Waals surface area (Å²) in [5.41, 5.74) is 3.46. The summed E-state index contributed by atoms with van der Waals surface area (Å²) in [6.45, 7) is 1.59. The Labute approximate surface area is 238 Å². The average molecular weight is 574 g/mol. The van der Waals surface area contributed by atoms with Crippen molar-refractivity contribution in [3.8, 4) is 0 Å². The van der Waals surface area contributed by atoms with Crippen LogP contribution in [-0.2, 0) is 32.5 Å². The zero-order valence-electron chi connectivity index (χ0n) is 22.7. The summed E-state index contributed by atoms with van der Waals surface area (Å²) in [5, 5.41) is 3.71. The van der Waals surface area contributed by atoms with Crippen molar-refractivity contribution < 1.29 is 22.7 Å². The highest BCUT2D eigenvalue weighted by molar-refractivity contribution is 7.91. The van der Waals surface area contributed by atoms with Crippen LogP contribution in [-0.4, -0.2) is 61.9 Å². The zero-order valence-corrected chi connectivity index (χ0v) is 23.6. The molecule has 0 saturated heterocycles. The second kappa shape index (κ2) is 11.5. The number of benzene rings is 1. The third kappa shape index (κ3) is 6.07. The van der Waals surface area contributed by atoms with Crippen molar-refractivity contribution >= 4 is 38.3 Å². The van der Waals surface area contributed by atoms with Gasteiger partial charge in [0.25, 0.3) is 5.91 Å². The van der Waals surface area contributed by atoms with Crippen LogP contribution in [0.25, 0.3) is 10.9 Å². The third-order valence-corrected chi connectivity index (χ3v) is 9.11. The zero-order chi connectivity index (χ0) is 28.4. The van der Waals surface area contributed by atoms with E-state index < -0.39 is 9.84 Å². The average Bonchev–Trinajstić information content (AvgIpc) is 3.85. The van der Waals surface area contributed by atoms with Crippen LogP contribution in [0.15, 0.2) is 65.8 Å². The minimum absolute atomic E-state index is 0.105. The molecule has 0 bridgehead atoms. The Balaban J connectivity index is 1.20. The van der Waals surface area contributed by atoms with Gasteiger partial charge in [-0.05, 0) is 66.3 Å². The molecule has 0 spiro atoms. The summed E-state index contributed by atoms with van der Waals surface area (Å²) in [4.78, 5) is 29.2. The predicted molar refractivity (Wildman–Crippen MR) is 154 cm³/mol. The number of aromatic nitrogens is 3. The quantitative estimate of drug-likeness (QED) is 0.317. The van der Waals surface area contributed by atoms with Crippen LogP contribution in [0.3, 0.4) is 0 Å². The highest BCUT2D eigenvalue weighted by Crippen LogP contribution is 2.40. The topological polar surface area (TPSA) is 124 Å². The van der Waals surface area contributed by atoms with Gasteiger partial charge in [0, 0.05) is 37.0 Å². The number of methoxy groups -OCH3 is 1. The van der Waals surface area contributed by atoms with Gasteiger partial charge in [0.05, 0.1) is 48.2 Å². The van der Waals surface area contributed by atoms with E-state index >= 15 is 0 Å². The molecule has 0 atom stereocenters. The molecule has 1 N–H and O–H groups in total. The Morgan fingerprint density at radius 1 is 1.07 bits per heavy atom. The van der Waals surface area contributed by atoms with Crippen molar-refractivity contribution in [2.24, 2.45) is 0 Å². The number of anilines is 2. The molecule has 3 aromatic heterocycles. The van der Waals surface area contributed by atoms with Gasteiger partial charge >= 0.3 is 0 Å². The van der Waals surface area contributed by atoms with Crippen LogP contribution in [0.4, 0.5) is 11.6 Å². The first-order chi connectivity index (χ1) is 19.9. The highest BCUT2D eigenvalue weighted by Gasteiger charge is 2.25. The van der Waals surface area contributed by atoms with E-state index in [9.17, 15) is 13.2 Å². The Hall–Kier alpha value is -3.93. The van der Waals surface area contributed by atoms with Crippen LogP contribution in [0.2, 0.25) is 0 Å². The number of hydrogen-bond donors (Lipinski definition) is 1. The van der Waals surface area contributed by atoms with Gasteiger partial charge in [-0.1, -0.05) is 12.1 Å². The number of sulfone groups is 1. The molecule has 41 heavy (non-hydrogen) atoms. The molecule has 212 valence electrons. The maximum Gasteiger partial charge on any atom is 0.251 e. The molecule has 6 rings (SSSR count). The fourth-order valence-corrected chi connectivity index (χ4v) is 6.27. The molecule has 0 radical (unpaired) electrons. The van der Waals surface area contributed by atoms with E-state index in [4.69, 9.17) is 19.4 Å². The fourth-order valence-electron chi connectivity index (χ4n) is 4.88. The van der Waals surface area contributed by atoms with Gasteiger partial charge in [0.2, 0.25) is 0 Å². The minimum Gasteiger partial charge on any atom is -0.383 e. The lowest BCUT2D eigenvalue weighted by atomic mass is 10.1. The predicted octanol–water partition coefficient (Wildman–Crippen LogP) is 3.92. The number of amides is 1. The van der Waals surface area contributed by atoms with Crippen LogP contribution in [0.1, 0.15) is 45.9 Å². The number of pyridine rings is 3. The van der Waals surface area contributed by atoms with Crippen molar-refractivity contribution in [1.82, 2.24) is 20.3 Å². The summed E-state index contributed by atoms with van der Waals surface area (Å²) >= 11 is 0. The first-order valence-corrected chi connectivity index (χ1v) is 15.3. The lowest BCUT2D eigenvalue weighted by molar-refractivity contribution is 0.0950. The molecule has 1 aliphatic heterocycles. The number of fused-ring (bicyclic) bond motifs is 2. The Kier molecular flexibility index (Phi) is 7.65.